The number of carbonyl (C=O) groups excluding carboxylic acids is 1. The molecule has 3 fully saturated rings. The Hall–Kier alpha value is -2.90. The maximum Gasteiger partial charge on any atom is 0.417 e. The molecular weight excluding hydrogens is 440 g/mol. The number of fused-ring (bicyclic) bond motifs is 1. The number of H-pyrrole nitrogens is 1. The molecule has 6 rings (SSSR count). The van der Waals surface area contributed by atoms with Gasteiger partial charge in [-0.2, -0.15) is 0 Å². The Labute approximate surface area is 205 Å². The number of carbonyl (C=O) groups is 1. The molecule has 1 amide bonds. The van der Waals surface area contributed by atoms with Gasteiger partial charge >= 0.3 is 5.76 Å². The van der Waals surface area contributed by atoms with E-state index in [1.54, 1.807) is 0 Å². The molecule has 2 aromatic carbocycles. The maximum atomic E-state index is 13.0. The molecule has 184 valence electrons. The standard InChI is InChI=1S/C28H34N4O3/c33-27(32-17-15-31(16-18-32)23-3-1-4-23)22-9-7-20(8-10-22)19-30-13-11-21(12-14-30)24-5-2-6-25-26(24)35-28(34)29-25/h2,5-10,21,23H,1,3-4,11-19H2,(H,29,34). The first kappa shape index (κ1) is 22.6. The lowest BCUT2D eigenvalue weighted by Crippen LogP contribution is -2.53. The van der Waals surface area contributed by atoms with Crippen LogP contribution in [0.2, 0.25) is 0 Å². The van der Waals surface area contributed by atoms with E-state index in [0.29, 0.717) is 11.5 Å². The molecule has 0 unspecified atom stereocenters. The number of aromatic amines is 1. The van der Waals surface area contributed by atoms with Crippen LogP contribution in [0.25, 0.3) is 11.1 Å². The summed E-state index contributed by atoms with van der Waals surface area (Å²) >= 11 is 0. The summed E-state index contributed by atoms with van der Waals surface area (Å²) in [7, 11) is 0. The Morgan fingerprint density at radius 1 is 0.914 bits per heavy atom. The molecule has 1 aliphatic carbocycles. The van der Waals surface area contributed by atoms with E-state index in [-0.39, 0.29) is 11.7 Å². The fourth-order valence-electron chi connectivity index (χ4n) is 5.95. The summed E-state index contributed by atoms with van der Waals surface area (Å²) in [5.74, 6) is 0.178. The van der Waals surface area contributed by atoms with Gasteiger partial charge < -0.3 is 9.32 Å². The molecule has 2 saturated heterocycles. The minimum Gasteiger partial charge on any atom is -0.408 e. The second-order valence-electron chi connectivity index (χ2n) is 10.4. The second-order valence-corrected chi connectivity index (χ2v) is 10.4. The lowest BCUT2D eigenvalue weighted by Gasteiger charge is -2.43. The van der Waals surface area contributed by atoms with Crippen molar-refractivity contribution in [1.29, 1.82) is 0 Å². The maximum absolute atomic E-state index is 13.0. The zero-order chi connectivity index (χ0) is 23.8. The van der Waals surface area contributed by atoms with E-state index in [1.165, 1.54) is 24.8 Å². The van der Waals surface area contributed by atoms with E-state index >= 15 is 0 Å². The highest BCUT2D eigenvalue weighted by atomic mass is 16.4. The van der Waals surface area contributed by atoms with Crippen molar-refractivity contribution in [3.05, 3.63) is 69.7 Å². The number of nitrogens with one attached hydrogen (secondary N) is 1. The topological polar surface area (TPSA) is 72.8 Å². The molecule has 0 bridgehead atoms. The highest BCUT2D eigenvalue weighted by Gasteiger charge is 2.29. The van der Waals surface area contributed by atoms with Crippen molar-refractivity contribution in [3.8, 4) is 0 Å². The lowest BCUT2D eigenvalue weighted by molar-refractivity contribution is 0.0455. The Bertz CT molecular complexity index is 1230. The first-order valence-electron chi connectivity index (χ1n) is 13.1. The summed E-state index contributed by atoms with van der Waals surface area (Å²) in [6.45, 7) is 6.59. The van der Waals surface area contributed by atoms with Crippen molar-refractivity contribution < 1.29 is 9.21 Å². The fraction of sp³-hybridized carbons (Fsp3) is 0.500. The number of para-hydroxylation sites is 1. The van der Waals surface area contributed by atoms with Crippen LogP contribution in [0.3, 0.4) is 0 Å². The Kier molecular flexibility index (Phi) is 6.20. The normalized spacial score (nSPS) is 20.9. The van der Waals surface area contributed by atoms with Gasteiger partial charge in [-0.15, -0.1) is 0 Å². The SMILES string of the molecule is O=C(c1ccc(CN2CCC(c3cccc4[nH]c(=O)oc34)CC2)cc1)N1CCN(C2CCC2)CC1. The predicted molar refractivity (Wildman–Crippen MR) is 136 cm³/mol. The van der Waals surface area contributed by atoms with Gasteiger partial charge in [-0.25, -0.2) is 4.79 Å². The van der Waals surface area contributed by atoms with E-state index in [1.807, 2.05) is 29.2 Å². The molecule has 7 heteroatoms. The molecule has 35 heavy (non-hydrogen) atoms. The van der Waals surface area contributed by atoms with Crippen LogP contribution in [0.15, 0.2) is 51.7 Å². The van der Waals surface area contributed by atoms with E-state index in [9.17, 15) is 9.59 Å². The summed E-state index contributed by atoms with van der Waals surface area (Å²) in [5, 5.41) is 0. The summed E-state index contributed by atoms with van der Waals surface area (Å²) in [5.41, 5.74) is 4.67. The van der Waals surface area contributed by atoms with E-state index in [0.717, 1.165) is 81.3 Å². The average Bonchev–Trinajstić information content (AvgIpc) is 3.24. The first-order chi connectivity index (χ1) is 17.1. The third-order valence-corrected chi connectivity index (χ3v) is 8.30. The lowest BCUT2D eigenvalue weighted by atomic mass is 9.88. The van der Waals surface area contributed by atoms with Crippen LogP contribution < -0.4 is 5.76 Å². The van der Waals surface area contributed by atoms with Gasteiger partial charge in [-0.1, -0.05) is 30.7 Å². The molecule has 3 aliphatic rings. The molecule has 0 radical (unpaired) electrons. The average molecular weight is 475 g/mol. The summed E-state index contributed by atoms with van der Waals surface area (Å²) in [6, 6.07) is 14.9. The number of rotatable bonds is 5. The molecule has 0 atom stereocenters. The molecular formula is C28H34N4O3. The van der Waals surface area contributed by atoms with Gasteiger partial charge in [-0.3, -0.25) is 19.6 Å². The number of nitrogens with zero attached hydrogens (tertiary/aromatic N) is 3. The minimum atomic E-state index is -0.386. The monoisotopic (exact) mass is 474 g/mol. The summed E-state index contributed by atoms with van der Waals surface area (Å²) in [6.07, 6.45) is 6.09. The first-order valence-corrected chi connectivity index (χ1v) is 13.1. The van der Waals surface area contributed by atoms with Crippen LogP contribution in [0.4, 0.5) is 0 Å². The van der Waals surface area contributed by atoms with Crippen molar-refractivity contribution in [2.24, 2.45) is 0 Å². The number of amides is 1. The minimum absolute atomic E-state index is 0.163. The van der Waals surface area contributed by atoms with Crippen molar-refractivity contribution in [3.63, 3.8) is 0 Å². The Balaban J connectivity index is 1.02. The smallest absolute Gasteiger partial charge is 0.408 e. The fourth-order valence-corrected chi connectivity index (χ4v) is 5.95. The molecule has 1 saturated carbocycles. The van der Waals surface area contributed by atoms with Crippen LogP contribution in [0, 0.1) is 0 Å². The zero-order valence-corrected chi connectivity index (χ0v) is 20.2. The third-order valence-electron chi connectivity index (χ3n) is 8.30. The van der Waals surface area contributed by atoms with Crippen molar-refractivity contribution in [1.82, 2.24) is 19.7 Å². The van der Waals surface area contributed by atoms with Gasteiger partial charge in [0.25, 0.3) is 5.91 Å². The quantitative estimate of drug-likeness (QED) is 0.609. The summed E-state index contributed by atoms with van der Waals surface area (Å²) in [4.78, 5) is 34.4. The van der Waals surface area contributed by atoms with Crippen molar-refractivity contribution >= 4 is 17.0 Å². The molecule has 3 aromatic rings. The Morgan fingerprint density at radius 3 is 2.34 bits per heavy atom. The van der Waals surface area contributed by atoms with E-state index in [2.05, 4.69) is 33.0 Å². The van der Waals surface area contributed by atoms with Crippen LogP contribution in [0.5, 0.6) is 0 Å². The summed E-state index contributed by atoms with van der Waals surface area (Å²) < 4.78 is 5.41. The van der Waals surface area contributed by atoms with Gasteiger partial charge in [0.15, 0.2) is 5.58 Å². The van der Waals surface area contributed by atoms with Gasteiger partial charge in [0.05, 0.1) is 5.52 Å². The number of piperidine rings is 1. The third kappa shape index (κ3) is 4.67. The number of hydrogen-bond acceptors (Lipinski definition) is 5. The number of aromatic nitrogens is 1. The predicted octanol–water partition coefficient (Wildman–Crippen LogP) is 3.81. The number of likely N-dealkylation sites (tertiary alicyclic amines) is 1. The van der Waals surface area contributed by atoms with E-state index < -0.39 is 0 Å². The molecule has 1 aromatic heterocycles. The van der Waals surface area contributed by atoms with Crippen molar-refractivity contribution in [2.75, 3.05) is 39.3 Å². The molecule has 0 spiro atoms. The zero-order valence-electron chi connectivity index (χ0n) is 20.2. The van der Waals surface area contributed by atoms with Gasteiger partial charge in [0, 0.05) is 49.9 Å². The van der Waals surface area contributed by atoms with Crippen molar-refractivity contribution in [2.45, 2.75) is 50.6 Å². The highest BCUT2D eigenvalue weighted by molar-refractivity contribution is 5.94. The molecule has 1 N–H and O–H groups in total. The number of oxazole rings is 1. The van der Waals surface area contributed by atoms with Gasteiger partial charge in [0.1, 0.15) is 0 Å². The number of benzene rings is 2. The molecule has 7 nitrogen and oxygen atoms in total. The molecule has 2 aliphatic heterocycles. The van der Waals surface area contributed by atoms with Crippen LogP contribution >= 0.6 is 0 Å². The van der Waals surface area contributed by atoms with Crippen LogP contribution in [0.1, 0.15) is 59.5 Å². The largest absolute Gasteiger partial charge is 0.417 e. The molecule has 3 heterocycles. The number of piperazine rings is 1. The van der Waals surface area contributed by atoms with E-state index in [4.69, 9.17) is 4.42 Å². The van der Waals surface area contributed by atoms with Crippen LogP contribution in [-0.2, 0) is 6.54 Å². The number of hydrogen-bond donors (Lipinski definition) is 1. The second kappa shape index (κ2) is 9.63. The van der Waals surface area contributed by atoms with Gasteiger partial charge in [0.2, 0.25) is 0 Å². The highest BCUT2D eigenvalue weighted by Crippen LogP contribution is 2.33. The Morgan fingerprint density at radius 2 is 1.66 bits per heavy atom. The van der Waals surface area contributed by atoms with Crippen LogP contribution in [-0.4, -0.2) is 70.9 Å². The van der Waals surface area contributed by atoms with Gasteiger partial charge in [-0.05, 0) is 68.5 Å².